The lowest BCUT2D eigenvalue weighted by Crippen LogP contribution is -2.08. The first-order valence-electron chi connectivity index (χ1n) is 4.89. The first-order chi connectivity index (χ1) is 6.69. The minimum absolute atomic E-state index is 0.409. The molecular weight excluding hydrogens is 196 g/mol. The van der Waals surface area contributed by atoms with Crippen LogP contribution < -0.4 is 4.74 Å². The quantitative estimate of drug-likeness (QED) is 0.692. The van der Waals surface area contributed by atoms with Crippen LogP contribution in [0.3, 0.4) is 0 Å². The first-order valence-corrected chi connectivity index (χ1v) is 5.42. The van der Waals surface area contributed by atoms with Crippen LogP contribution in [0.1, 0.15) is 25.3 Å². The molecule has 0 aliphatic rings. The third-order valence-electron chi connectivity index (χ3n) is 2.49. The van der Waals surface area contributed by atoms with E-state index in [1.54, 1.807) is 7.11 Å². The van der Waals surface area contributed by atoms with E-state index in [1.807, 2.05) is 12.1 Å². The fourth-order valence-electron chi connectivity index (χ4n) is 1.52. The van der Waals surface area contributed by atoms with Gasteiger partial charge in [-0.05, 0) is 29.5 Å². The second-order valence-electron chi connectivity index (χ2n) is 3.78. The Bertz CT molecular complexity index is 283. The van der Waals surface area contributed by atoms with Crippen molar-refractivity contribution in [2.45, 2.75) is 19.8 Å². The van der Waals surface area contributed by atoms with Gasteiger partial charge in [-0.15, -0.1) is 11.6 Å². The van der Waals surface area contributed by atoms with Gasteiger partial charge in [0.05, 0.1) is 7.11 Å². The van der Waals surface area contributed by atoms with Gasteiger partial charge in [-0.3, -0.25) is 0 Å². The molecule has 78 valence electrons. The van der Waals surface area contributed by atoms with E-state index >= 15 is 0 Å². The molecule has 1 nitrogen and oxygen atoms in total. The third kappa shape index (κ3) is 2.65. The molecule has 14 heavy (non-hydrogen) atoms. The molecule has 0 heterocycles. The van der Waals surface area contributed by atoms with E-state index in [0.717, 1.165) is 5.75 Å². The zero-order valence-electron chi connectivity index (χ0n) is 8.96. The predicted octanol–water partition coefficient (Wildman–Crippen LogP) is 3.67. The van der Waals surface area contributed by atoms with E-state index in [0.29, 0.717) is 17.7 Å². The fourth-order valence-corrected chi connectivity index (χ4v) is 2.06. The molecule has 0 fully saturated rings. The number of rotatable bonds is 4. The summed E-state index contributed by atoms with van der Waals surface area (Å²) in [7, 11) is 1.68. The Hall–Kier alpha value is -0.690. The molecule has 0 spiro atoms. The summed E-state index contributed by atoms with van der Waals surface area (Å²) in [5.74, 6) is 2.52. The molecule has 0 bridgehead atoms. The molecule has 0 radical (unpaired) electrons. The van der Waals surface area contributed by atoms with Gasteiger partial charge < -0.3 is 4.74 Å². The predicted molar refractivity (Wildman–Crippen MR) is 61.3 cm³/mol. The normalized spacial score (nSPS) is 12.9. The van der Waals surface area contributed by atoms with Gasteiger partial charge in [-0.2, -0.15) is 0 Å². The monoisotopic (exact) mass is 212 g/mol. The lowest BCUT2D eigenvalue weighted by atomic mass is 9.90. The van der Waals surface area contributed by atoms with Gasteiger partial charge in [0.25, 0.3) is 0 Å². The molecule has 2 heteroatoms. The standard InChI is InChI=1S/C12H17ClO/c1-9(2)12(8-13)10-5-4-6-11(7-10)14-3/h4-7,9,12H,8H2,1-3H3. The van der Waals surface area contributed by atoms with Crippen LogP contribution in [0.5, 0.6) is 5.75 Å². The number of hydrogen-bond donors (Lipinski definition) is 0. The summed E-state index contributed by atoms with van der Waals surface area (Å²) in [4.78, 5) is 0. The average Bonchev–Trinajstić information content (AvgIpc) is 2.19. The van der Waals surface area contributed by atoms with E-state index in [4.69, 9.17) is 16.3 Å². The number of hydrogen-bond acceptors (Lipinski definition) is 1. The summed E-state index contributed by atoms with van der Waals surface area (Å²) in [5, 5.41) is 0. The van der Waals surface area contributed by atoms with Crippen LogP contribution in [0.2, 0.25) is 0 Å². The van der Waals surface area contributed by atoms with Gasteiger partial charge in [0.1, 0.15) is 5.75 Å². The zero-order valence-corrected chi connectivity index (χ0v) is 9.71. The molecule has 0 aliphatic carbocycles. The lowest BCUT2D eigenvalue weighted by molar-refractivity contribution is 0.413. The fraction of sp³-hybridized carbons (Fsp3) is 0.500. The molecule has 0 aromatic heterocycles. The van der Waals surface area contributed by atoms with Gasteiger partial charge >= 0.3 is 0 Å². The number of methoxy groups -OCH3 is 1. The Balaban J connectivity index is 2.92. The minimum atomic E-state index is 0.409. The highest BCUT2D eigenvalue weighted by Gasteiger charge is 2.14. The van der Waals surface area contributed by atoms with Gasteiger partial charge in [0, 0.05) is 5.88 Å². The summed E-state index contributed by atoms with van der Waals surface area (Å²) in [5.41, 5.74) is 1.26. The van der Waals surface area contributed by atoms with Crippen LogP contribution in [0.15, 0.2) is 24.3 Å². The van der Waals surface area contributed by atoms with Crippen LogP contribution in [0, 0.1) is 5.92 Å². The Morgan fingerprint density at radius 2 is 2.07 bits per heavy atom. The molecule has 0 N–H and O–H groups in total. The first kappa shape index (κ1) is 11.4. The Morgan fingerprint density at radius 1 is 1.36 bits per heavy atom. The SMILES string of the molecule is COc1cccc(C(CCl)C(C)C)c1. The van der Waals surface area contributed by atoms with Crippen LogP contribution in [0.25, 0.3) is 0 Å². The van der Waals surface area contributed by atoms with Gasteiger partial charge in [-0.25, -0.2) is 0 Å². The van der Waals surface area contributed by atoms with Gasteiger partial charge in [0.15, 0.2) is 0 Å². The maximum absolute atomic E-state index is 5.95. The van der Waals surface area contributed by atoms with E-state index in [-0.39, 0.29) is 0 Å². The maximum atomic E-state index is 5.95. The lowest BCUT2D eigenvalue weighted by Gasteiger charge is -2.18. The molecule has 0 amide bonds. The van der Waals surface area contributed by atoms with E-state index in [1.165, 1.54) is 5.56 Å². The van der Waals surface area contributed by atoms with Crippen molar-refractivity contribution in [2.24, 2.45) is 5.92 Å². The van der Waals surface area contributed by atoms with Crippen molar-refractivity contribution in [1.82, 2.24) is 0 Å². The largest absolute Gasteiger partial charge is 0.497 e. The van der Waals surface area contributed by atoms with Crippen LogP contribution >= 0.6 is 11.6 Å². The number of alkyl halides is 1. The van der Waals surface area contributed by atoms with Gasteiger partial charge in [0.2, 0.25) is 0 Å². The Kier molecular flexibility index (Phi) is 4.27. The van der Waals surface area contributed by atoms with Crippen molar-refractivity contribution in [1.29, 1.82) is 0 Å². The highest BCUT2D eigenvalue weighted by molar-refractivity contribution is 6.18. The van der Waals surface area contributed by atoms with Crippen molar-refractivity contribution < 1.29 is 4.74 Å². The molecule has 0 saturated carbocycles. The maximum Gasteiger partial charge on any atom is 0.119 e. The molecule has 0 aliphatic heterocycles. The van der Waals surface area contributed by atoms with Crippen LogP contribution in [-0.2, 0) is 0 Å². The number of halogens is 1. The van der Waals surface area contributed by atoms with Crippen molar-refractivity contribution in [2.75, 3.05) is 13.0 Å². The summed E-state index contributed by atoms with van der Waals surface area (Å²) < 4.78 is 5.19. The second kappa shape index (κ2) is 5.26. The van der Waals surface area contributed by atoms with Crippen molar-refractivity contribution in [3.05, 3.63) is 29.8 Å². The van der Waals surface area contributed by atoms with E-state index in [9.17, 15) is 0 Å². The summed E-state index contributed by atoms with van der Waals surface area (Å²) >= 11 is 5.95. The van der Waals surface area contributed by atoms with Gasteiger partial charge in [-0.1, -0.05) is 26.0 Å². The summed E-state index contributed by atoms with van der Waals surface area (Å²) in [6.07, 6.45) is 0. The molecule has 1 atom stereocenters. The third-order valence-corrected chi connectivity index (χ3v) is 2.83. The molecule has 1 rings (SSSR count). The highest BCUT2D eigenvalue weighted by atomic mass is 35.5. The molecule has 0 saturated heterocycles. The second-order valence-corrected chi connectivity index (χ2v) is 4.09. The van der Waals surface area contributed by atoms with Crippen molar-refractivity contribution >= 4 is 11.6 Å². The zero-order chi connectivity index (χ0) is 10.6. The number of ether oxygens (including phenoxy) is 1. The Morgan fingerprint density at radius 3 is 2.57 bits per heavy atom. The van der Waals surface area contributed by atoms with Crippen LogP contribution in [-0.4, -0.2) is 13.0 Å². The van der Waals surface area contributed by atoms with Crippen molar-refractivity contribution in [3.63, 3.8) is 0 Å². The topological polar surface area (TPSA) is 9.23 Å². The van der Waals surface area contributed by atoms with Crippen LogP contribution in [0.4, 0.5) is 0 Å². The van der Waals surface area contributed by atoms with E-state index in [2.05, 4.69) is 26.0 Å². The molecule has 1 aromatic carbocycles. The average molecular weight is 213 g/mol. The minimum Gasteiger partial charge on any atom is -0.497 e. The Labute approximate surface area is 91.0 Å². The highest BCUT2D eigenvalue weighted by Crippen LogP contribution is 2.27. The van der Waals surface area contributed by atoms with E-state index < -0.39 is 0 Å². The summed E-state index contributed by atoms with van der Waals surface area (Å²) in [6.45, 7) is 4.37. The molecule has 1 aromatic rings. The molecular formula is C12H17ClO. The smallest absolute Gasteiger partial charge is 0.119 e. The molecule has 1 unspecified atom stereocenters. The van der Waals surface area contributed by atoms with Crippen molar-refractivity contribution in [3.8, 4) is 5.75 Å². The number of benzene rings is 1. The summed E-state index contributed by atoms with van der Waals surface area (Å²) in [6, 6.07) is 8.13.